The molecule has 0 saturated heterocycles. The number of aryl methyl sites for hydroxylation is 1. The molecule has 9 nitrogen and oxygen atoms in total. The zero-order valence-electron chi connectivity index (χ0n) is 22.0. The van der Waals surface area contributed by atoms with Crippen LogP contribution in [0.1, 0.15) is 64.4 Å². The molecule has 2 rings (SSSR count). The SMILES string of the molecule is CCCCn1c(SCC(=O)Nc2ccc(C)c(S(=O)(=O)N(CC)CC)c2)nnc1[C@H](CC)N(C)C. The maximum absolute atomic E-state index is 13.0. The predicted octanol–water partition coefficient (Wildman–Crippen LogP) is 4.16. The summed E-state index contributed by atoms with van der Waals surface area (Å²) in [4.78, 5) is 15.1. The van der Waals surface area contributed by atoms with Crippen molar-refractivity contribution in [3.8, 4) is 0 Å². The third kappa shape index (κ3) is 7.28. The topological polar surface area (TPSA) is 100 Å². The van der Waals surface area contributed by atoms with Crippen LogP contribution in [0, 0.1) is 6.92 Å². The molecule has 1 amide bonds. The van der Waals surface area contributed by atoms with Crippen LogP contribution in [0.2, 0.25) is 0 Å². The van der Waals surface area contributed by atoms with E-state index in [2.05, 4.69) is 38.8 Å². The second-order valence-corrected chi connectivity index (χ2v) is 11.5. The lowest BCUT2D eigenvalue weighted by atomic mass is 10.2. The molecule has 0 fully saturated rings. The number of sulfonamides is 1. The van der Waals surface area contributed by atoms with Gasteiger partial charge >= 0.3 is 0 Å². The van der Waals surface area contributed by atoms with Crippen LogP contribution in [-0.2, 0) is 21.4 Å². The Hall–Kier alpha value is -1.95. The number of hydrogen-bond donors (Lipinski definition) is 1. The molecule has 0 radical (unpaired) electrons. The quantitative estimate of drug-likeness (QED) is 0.370. The number of hydrogen-bond acceptors (Lipinski definition) is 7. The third-order valence-corrected chi connectivity index (χ3v) is 9.07. The van der Waals surface area contributed by atoms with Gasteiger partial charge in [-0.3, -0.25) is 9.69 Å². The number of anilines is 1. The van der Waals surface area contributed by atoms with Gasteiger partial charge in [0.2, 0.25) is 15.9 Å². The highest BCUT2D eigenvalue weighted by atomic mass is 32.2. The fourth-order valence-corrected chi connectivity index (χ4v) is 6.42. The number of nitrogens with zero attached hydrogens (tertiary/aromatic N) is 5. The summed E-state index contributed by atoms with van der Waals surface area (Å²) in [5, 5.41) is 12.4. The summed E-state index contributed by atoms with van der Waals surface area (Å²) in [6.07, 6.45) is 2.96. The smallest absolute Gasteiger partial charge is 0.243 e. The van der Waals surface area contributed by atoms with Crippen LogP contribution >= 0.6 is 11.8 Å². The van der Waals surface area contributed by atoms with Crippen LogP contribution in [0.4, 0.5) is 5.69 Å². The van der Waals surface area contributed by atoms with Crippen LogP contribution in [0.3, 0.4) is 0 Å². The number of carbonyl (C=O) groups is 1. The van der Waals surface area contributed by atoms with Crippen LogP contribution in [0.25, 0.3) is 0 Å². The van der Waals surface area contributed by atoms with Gasteiger partial charge in [0.1, 0.15) is 0 Å². The fourth-order valence-electron chi connectivity index (χ4n) is 3.94. The van der Waals surface area contributed by atoms with Gasteiger partial charge < -0.3 is 9.88 Å². The molecule has 0 aliphatic rings. The van der Waals surface area contributed by atoms with E-state index < -0.39 is 10.0 Å². The number of rotatable bonds is 14. The first kappa shape index (κ1) is 29.3. The minimum absolute atomic E-state index is 0.148. The van der Waals surface area contributed by atoms with Crippen molar-refractivity contribution in [3.05, 3.63) is 29.6 Å². The molecule has 1 aromatic carbocycles. The highest BCUT2D eigenvalue weighted by Gasteiger charge is 2.25. The third-order valence-electron chi connectivity index (χ3n) is 5.92. The van der Waals surface area contributed by atoms with Crippen molar-refractivity contribution in [1.29, 1.82) is 0 Å². The van der Waals surface area contributed by atoms with E-state index in [4.69, 9.17) is 0 Å². The second kappa shape index (κ2) is 13.4. The molecule has 11 heteroatoms. The van der Waals surface area contributed by atoms with Crippen molar-refractivity contribution in [2.75, 3.05) is 38.3 Å². The van der Waals surface area contributed by atoms with Crippen LogP contribution in [-0.4, -0.2) is 71.2 Å². The molecular weight excluding hydrogens is 484 g/mol. The molecule has 1 heterocycles. The second-order valence-electron chi connectivity index (χ2n) is 8.64. The number of carbonyl (C=O) groups excluding carboxylic acids is 1. The van der Waals surface area contributed by atoms with Crippen LogP contribution in [0.15, 0.2) is 28.3 Å². The van der Waals surface area contributed by atoms with Gasteiger partial charge in [-0.15, -0.1) is 10.2 Å². The van der Waals surface area contributed by atoms with E-state index in [1.807, 2.05) is 27.9 Å². The first-order valence-electron chi connectivity index (χ1n) is 12.2. The van der Waals surface area contributed by atoms with Crippen molar-refractivity contribution in [3.63, 3.8) is 0 Å². The van der Waals surface area contributed by atoms with Crippen molar-refractivity contribution >= 4 is 33.4 Å². The summed E-state index contributed by atoms with van der Waals surface area (Å²) in [5.41, 5.74) is 1.10. The molecule has 2 aromatic rings. The Morgan fingerprint density at radius 2 is 1.83 bits per heavy atom. The van der Waals surface area contributed by atoms with Gasteiger partial charge in [-0.25, -0.2) is 8.42 Å². The molecule has 0 spiro atoms. The molecule has 0 aliphatic carbocycles. The first-order valence-corrected chi connectivity index (χ1v) is 14.7. The van der Waals surface area contributed by atoms with Crippen LogP contribution in [0.5, 0.6) is 0 Å². The maximum atomic E-state index is 13.0. The van der Waals surface area contributed by atoms with Gasteiger partial charge in [-0.05, 0) is 51.6 Å². The lowest BCUT2D eigenvalue weighted by Crippen LogP contribution is -2.31. The number of thioether (sulfide) groups is 1. The van der Waals surface area contributed by atoms with E-state index in [1.165, 1.54) is 22.1 Å². The van der Waals surface area contributed by atoms with Crippen molar-refractivity contribution in [2.45, 2.75) is 76.5 Å². The van der Waals surface area contributed by atoms with E-state index in [1.54, 1.807) is 19.1 Å². The van der Waals surface area contributed by atoms with Gasteiger partial charge in [0.25, 0.3) is 0 Å². The average Bonchev–Trinajstić information content (AvgIpc) is 3.20. The zero-order chi connectivity index (χ0) is 26.2. The number of nitrogens with one attached hydrogen (secondary N) is 1. The molecule has 0 saturated carbocycles. The van der Waals surface area contributed by atoms with Gasteiger partial charge in [-0.2, -0.15) is 4.31 Å². The molecule has 0 bridgehead atoms. The van der Waals surface area contributed by atoms with E-state index in [-0.39, 0.29) is 22.6 Å². The largest absolute Gasteiger partial charge is 0.325 e. The molecule has 196 valence electrons. The number of benzene rings is 1. The lowest BCUT2D eigenvalue weighted by molar-refractivity contribution is -0.113. The Kier molecular flexibility index (Phi) is 11.2. The average molecular weight is 525 g/mol. The summed E-state index contributed by atoms with van der Waals surface area (Å²) in [7, 11) is 0.439. The summed E-state index contributed by atoms with van der Waals surface area (Å²) in [6, 6.07) is 5.14. The monoisotopic (exact) mass is 524 g/mol. The predicted molar refractivity (Wildman–Crippen MR) is 142 cm³/mol. The lowest BCUT2D eigenvalue weighted by Gasteiger charge is -2.23. The number of unbranched alkanes of at least 4 members (excludes halogenated alkanes) is 1. The number of aromatic nitrogens is 3. The molecule has 1 N–H and O–H groups in total. The zero-order valence-corrected chi connectivity index (χ0v) is 23.7. The highest BCUT2D eigenvalue weighted by molar-refractivity contribution is 7.99. The normalized spacial score (nSPS) is 12.9. The van der Waals surface area contributed by atoms with E-state index in [0.717, 1.165) is 36.8 Å². The summed E-state index contributed by atoms with van der Waals surface area (Å²) < 4.78 is 29.5. The Bertz CT molecular complexity index is 1080. The van der Waals surface area contributed by atoms with Crippen molar-refractivity contribution in [2.24, 2.45) is 0 Å². The Morgan fingerprint density at radius 3 is 2.40 bits per heavy atom. The van der Waals surface area contributed by atoms with Gasteiger partial charge in [0.15, 0.2) is 11.0 Å². The van der Waals surface area contributed by atoms with E-state index >= 15 is 0 Å². The van der Waals surface area contributed by atoms with Crippen LogP contribution < -0.4 is 5.32 Å². The standard InChI is InChI=1S/C24H40N6O3S2/c1-8-12-15-30-23(20(9-2)28(6)7)26-27-24(30)34-17-22(31)25-19-14-13-18(5)21(16-19)35(32,33)29(10-3)11-4/h13-14,16,20H,8-12,15,17H2,1-7H3,(H,25,31)/t20-/m0/s1. The van der Waals surface area contributed by atoms with E-state index in [9.17, 15) is 13.2 Å². The minimum atomic E-state index is -3.62. The molecule has 0 unspecified atom stereocenters. The Balaban J connectivity index is 2.18. The Morgan fingerprint density at radius 1 is 1.14 bits per heavy atom. The number of amides is 1. The molecular formula is C24H40N6O3S2. The van der Waals surface area contributed by atoms with Gasteiger partial charge in [0.05, 0.1) is 16.7 Å². The van der Waals surface area contributed by atoms with Crippen molar-refractivity contribution < 1.29 is 13.2 Å². The summed E-state index contributed by atoms with van der Waals surface area (Å²) in [5.74, 6) is 0.838. The molecule has 35 heavy (non-hydrogen) atoms. The fraction of sp³-hybridized carbons (Fsp3) is 0.625. The molecule has 1 aromatic heterocycles. The first-order chi connectivity index (χ1) is 16.6. The van der Waals surface area contributed by atoms with E-state index in [0.29, 0.717) is 24.3 Å². The highest BCUT2D eigenvalue weighted by Crippen LogP contribution is 2.27. The van der Waals surface area contributed by atoms with Gasteiger partial charge in [-0.1, -0.05) is 51.9 Å². The van der Waals surface area contributed by atoms with Crippen molar-refractivity contribution in [1.82, 2.24) is 24.0 Å². The summed E-state index contributed by atoms with van der Waals surface area (Å²) in [6.45, 7) is 11.2. The minimum Gasteiger partial charge on any atom is -0.325 e. The molecule has 1 atom stereocenters. The molecule has 0 aliphatic heterocycles. The Labute approximate surface area is 214 Å². The maximum Gasteiger partial charge on any atom is 0.243 e. The summed E-state index contributed by atoms with van der Waals surface area (Å²) >= 11 is 1.34. The van der Waals surface area contributed by atoms with Gasteiger partial charge in [0, 0.05) is 25.3 Å².